The SMILES string of the molecule is CCC(CO)(C(C)C=O)C(C)(C)N. The van der Waals surface area contributed by atoms with Gasteiger partial charge in [0.2, 0.25) is 0 Å². The van der Waals surface area contributed by atoms with E-state index in [9.17, 15) is 9.90 Å². The van der Waals surface area contributed by atoms with Crippen molar-refractivity contribution >= 4 is 6.29 Å². The third-order valence-electron chi connectivity index (χ3n) is 3.27. The van der Waals surface area contributed by atoms with Gasteiger partial charge >= 0.3 is 0 Å². The van der Waals surface area contributed by atoms with Crippen molar-refractivity contribution in [3.63, 3.8) is 0 Å². The van der Waals surface area contributed by atoms with Crippen molar-refractivity contribution in [1.29, 1.82) is 0 Å². The fourth-order valence-corrected chi connectivity index (χ4v) is 1.95. The maximum atomic E-state index is 10.7. The van der Waals surface area contributed by atoms with E-state index in [2.05, 4.69) is 0 Å². The van der Waals surface area contributed by atoms with Gasteiger partial charge in [-0.05, 0) is 20.3 Å². The minimum absolute atomic E-state index is 0.0487. The summed E-state index contributed by atoms with van der Waals surface area (Å²) in [5, 5.41) is 9.37. The molecule has 2 atom stereocenters. The van der Waals surface area contributed by atoms with Crippen LogP contribution in [0.5, 0.6) is 0 Å². The molecule has 3 N–H and O–H groups in total. The Morgan fingerprint density at radius 2 is 2.00 bits per heavy atom. The predicted octanol–water partition coefficient (Wildman–Crippen LogP) is 0.947. The molecular weight excluding hydrogens is 166 g/mol. The molecule has 0 saturated heterocycles. The summed E-state index contributed by atoms with van der Waals surface area (Å²) >= 11 is 0. The topological polar surface area (TPSA) is 63.3 Å². The van der Waals surface area contributed by atoms with E-state index in [-0.39, 0.29) is 12.5 Å². The fourth-order valence-electron chi connectivity index (χ4n) is 1.95. The van der Waals surface area contributed by atoms with Crippen LogP contribution in [0.25, 0.3) is 0 Å². The van der Waals surface area contributed by atoms with Crippen LogP contribution in [0.1, 0.15) is 34.1 Å². The summed E-state index contributed by atoms with van der Waals surface area (Å²) in [6.45, 7) is 7.42. The van der Waals surface area contributed by atoms with Crippen molar-refractivity contribution in [2.45, 2.75) is 39.7 Å². The highest BCUT2D eigenvalue weighted by Gasteiger charge is 2.44. The minimum Gasteiger partial charge on any atom is -0.396 e. The van der Waals surface area contributed by atoms with Crippen molar-refractivity contribution in [3.8, 4) is 0 Å². The smallest absolute Gasteiger partial charge is 0.123 e. The maximum absolute atomic E-state index is 10.7. The van der Waals surface area contributed by atoms with Gasteiger partial charge in [0, 0.05) is 16.9 Å². The summed E-state index contributed by atoms with van der Waals surface area (Å²) in [6, 6.07) is 0. The van der Waals surface area contributed by atoms with Crippen LogP contribution in [0.2, 0.25) is 0 Å². The average Bonchev–Trinajstić information content (AvgIpc) is 2.04. The first-order chi connectivity index (χ1) is 5.85. The fraction of sp³-hybridized carbons (Fsp3) is 0.900. The minimum atomic E-state index is -0.545. The zero-order chi connectivity index (χ0) is 10.7. The standard InChI is InChI=1S/C10H21NO2/c1-5-10(7-13,8(2)6-12)9(3,4)11/h6,8,13H,5,7,11H2,1-4H3. The Morgan fingerprint density at radius 3 is 2.08 bits per heavy atom. The molecule has 0 radical (unpaired) electrons. The molecular formula is C10H21NO2. The van der Waals surface area contributed by atoms with E-state index in [1.54, 1.807) is 6.92 Å². The Labute approximate surface area is 80.3 Å². The first-order valence-electron chi connectivity index (χ1n) is 4.70. The lowest BCUT2D eigenvalue weighted by Gasteiger charge is -2.45. The first-order valence-corrected chi connectivity index (χ1v) is 4.70. The first kappa shape index (κ1) is 12.6. The molecule has 3 nitrogen and oxygen atoms in total. The van der Waals surface area contributed by atoms with Gasteiger partial charge in [-0.2, -0.15) is 0 Å². The molecule has 0 aromatic heterocycles. The second-order valence-electron chi connectivity index (χ2n) is 4.31. The van der Waals surface area contributed by atoms with E-state index in [0.29, 0.717) is 6.42 Å². The number of carbonyl (C=O) groups excluding carboxylic acids is 1. The van der Waals surface area contributed by atoms with Gasteiger partial charge in [-0.25, -0.2) is 0 Å². The summed E-state index contributed by atoms with van der Waals surface area (Å²) < 4.78 is 0. The van der Waals surface area contributed by atoms with E-state index < -0.39 is 11.0 Å². The van der Waals surface area contributed by atoms with Gasteiger partial charge in [0.15, 0.2) is 0 Å². The normalized spacial score (nSPS) is 19.2. The van der Waals surface area contributed by atoms with Crippen LogP contribution in [0.3, 0.4) is 0 Å². The lowest BCUT2D eigenvalue weighted by Crippen LogP contribution is -2.56. The largest absolute Gasteiger partial charge is 0.396 e. The van der Waals surface area contributed by atoms with E-state index in [4.69, 9.17) is 5.73 Å². The molecule has 0 saturated carbocycles. The molecule has 0 bridgehead atoms. The maximum Gasteiger partial charge on any atom is 0.123 e. The number of carbonyl (C=O) groups is 1. The van der Waals surface area contributed by atoms with Gasteiger partial charge in [0.25, 0.3) is 0 Å². The van der Waals surface area contributed by atoms with Gasteiger partial charge in [-0.3, -0.25) is 0 Å². The van der Waals surface area contributed by atoms with Gasteiger partial charge in [-0.1, -0.05) is 13.8 Å². The molecule has 0 aromatic rings. The molecule has 2 unspecified atom stereocenters. The summed E-state index contributed by atoms with van der Waals surface area (Å²) in [6.07, 6.45) is 1.57. The number of rotatable bonds is 5. The Balaban J connectivity index is 5.02. The van der Waals surface area contributed by atoms with E-state index >= 15 is 0 Å². The van der Waals surface area contributed by atoms with Gasteiger partial charge in [0.05, 0.1) is 6.61 Å². The summed E-state index contributed by atoms with van der Waals surface area (Å²) in [7, 11) is 0. The number of aliphatic hydroxyl groups excluding tert-OH is 1. The van der Waals surface area contributed by atoms with Crippen LogP contribution in [0, 0.1) is 11.3 Å². The zero-order valence-corrected chi connectivity index (χ0v) is 9.00. The Morgan fingerprint density at radius 1 is 1.54 bits per heavy atom. The third-order valence-corrected chi connectivity index (χ3v) is 3.27. The highest BCUT2D eigenvalue weighted by Crippen LogP contribution is 2.39. The third kappa shape index (κ3) is 2.09. The van der Waals surface area contributed by atoms with Crippen LogP contribution >= 0.6 is 0 Å². The lowest BCUT2D eigenvalue weighted by atomic mass is 9.63. The molecule has 0 aliphatic heterocycles. The second kappa shape index (κ2) is 4.20. The Kier molecular flexibility index (Phi) is 4.07. The van der Waals surface area contributed by atoms with Crippen LogP contribution in [0.4, 0.5) is 0 Å². The number of nitrogens with two attached hydrogens (primary N) is 1. The van der Waals surface area contributed by atoms with Crippen LogP contribution < -0.4 is 5.73 Å². The van der Waals surface area contributed by atoms with Crippen molar-refractivity contribution in [2.24, 2.45) is 17.1 Å². The Hall–Kier alpha value is -0.410. The Bertz CT molecular complexity index is 168. The number of aliphatic hydroxyl groups is 1. The molecule has 0 amide bonds. The van der Waals surface area contributed by atoms with Crippen LogP contribution in [-0.4, -0.2) is 23.5 Å². The monoisotopic (exact) mass is 187 g/mol. The summed E-state index contributed by atoms with van der Waals surface area (Å²) in [4.78, 5) is 10.7. The lowest BCUT2D eigenvalue weighted by molar-refractivity contribution is -0.118. The molecule has 13 heavy (non-hydrogen) atoms. The highest BCUT2D eigenvalue weighted by molar-refractivity contribution is 5.55. The van der Waals surface area contributed by atoms with Crippen molar-refractivity contribution in [2.75, 3.05) is 6.61 Å². The van der Waals surface area contributed by atoms with Crippen LogP contribution in [-0.2, 0) is 4.79 Å². The van der Waals surface area contributed by atoms with E-state index in [1.165, 1.54) is 0 Å². The van der Waals surface area contributed by atoms with E-state index in [1.807, 2.05) is 20.8 Å². The zero-order valence-electron chi connectivity index (χ0n) is 9.00. The molecule has 0 fully saturated rings. The summed E-state index contributed by atoms with van der Waals surface area (Å²) in [5.41, 5.74) is 4.94. The summed E-state index contributed by atoms with van der Waals surface area (Å²) in [5.74, 6) is -0.220. The molecule has 78 valence electrons. The van der Waals surface area contributed by atoms with Crippen LogP contribution in [0.15, 0.2) is 0 Å². The molecule has 0 rings (SSSR count). The highest BCUT2D eigenvalue weighted by atomic mass is 16.3. The molecule has 3 heteroatoms. The number of hydrogen-bond donors (Lipinski definition) is 2. The van der Waals surface area contributed by atoms with Crippen molar-refractivity contribution < 1.29 is 9.90 Å². The van der Waals surface area contributed by atoms with Gasteiger partial charge < -0.3 is 15.6 Å². The molecule has 0 aliphatic carbocycles. The molecule has 0 aromatic carbocycles. The predicted molar refractivity (Wildman–Crippen MR) is 53.3 cm³/mol. The molecule has 0 aliphatic rings. The molecule has 0 spiro atoms. The van der Waals surface area contributed by atoms with E-state index in [0.717, 1.165) is 6.29 Å². The molecule has 0 heterocycles. The van der Waals surface area contributed by atoms with Gasteiger partial charge in [0.1, 0.15) is 6.29 Å². The number of aldehydes is 1. The average molecular weight is 187 g/mol. The van der Waals surface area contributed by atoms with Gasteiger partial charge in [-0.15, -0.1) is 0 Å². The van der Waals surface area contributed by atoms with Crippen molar-refractivity contribution in [3.05, 3.63) is 0 Å². The van der Waals surface area contributed by atoms with Crippen molar-refractivity contribution in [1.82, 2.24) is 0 Å². The number of hydrogen-bond acceptors (Lipinski definition) is 3. The second-order valence-corrected chi connectivity index (χ2v) is 4.31. The quantitative estimate of drug-likeness (QED) is 0.630.